The molecule has 0 atom stereocenters. The summed E-state index contributed by atoms with van der Waals surface area (Å²) in [6, 6.07) is 30.3. The van der Waals surface area contributed by atoms with Gasteiger partial charge in [-0.3, -0.25) is 0 Å². The summed E-state index contributed by atoms with van der Waals surface area (Å²) in [7, 11) is 0. The molecular formula is C27H18Cl2N4. The van der Waals surface area contributed by atoms with Crippen molar-refractivity contribution in [3.05, 3.63) is 118 Å². The van der Waals surface area contributed by atoms with Crippen LogP contribution < -0.4 is 5.73 Å². The summed E-state index contributed by atoms with van der Waals surface area (Å²) in [5, 5.41) is 1.29. The summed E-state index contributed by atoms with van der Waals surface area (Å²) in [4.78, 5) is 14.9. The van der Waals surface area contributed by atoms with Gasteiger partial charge in [-0.05, 0) is 48.5 Å². The van der Waals surface area contributed by atoms with Crippen molar-refractivity contribution in [1.82, 2.24) is 9.97 Å². The van der Waals surface area contributed by atoms with E-state index in [1.54, 1.807) is 0 Å². The van der Waals surface area contributed by atoms with Crippen molar-refractivity contribution in [3.8, 4) is 11.3 Å². The van der Waals surface area contributed by atoms with Gasteiger partial charge in [0.25, 0.3) is 0 Å². The maximum absolute atomic E-state index is 6.23. The number of anilines is 1. The topological polar surface area (TPSA) is 64.2 Å². The molecular weight excluding hydrogens is 451 g/mol. The highest BCUT2D eigenvalue weighted by atomic mass is 35.5. The maximum Gasteiger partial charge on any atom is 0.116 e. The molecule has 0 spiro atoms. The average molecular weight is 469 g/mol. The van der Waals surface area contributed by atoms with Crippen LogP contribution in [0.2, 0.25) is 10.0 Å². The third kappa shape index (κ3) is 4.44. The van der Waals surface area contributed by atoms with Gasteiger partial charge in [-0.15, -0.1) is 0 Å². The van der Waals surface area contributed by atoms with E-state index in [1.807, 2.05) is 97.1 Å². The van der Waals surface area contributed by atoms with Gasteiger partial charge >= 0.3 is 0 Å². The van der Waals surface area contributed by atoms with Crippen LogP contribution in [0.5, 0.6) is 0 Å². The number of hydrogen-bond acceptors (Lipinski definition) is 4. The molecule has 0 fully saturated rings. The number of rotatable bonds is 4. The van der Waals surface area contributed by atoms with E-state index in [2.05, 4.69) is 0 Å². The van der Waals surface area contributed by atoms with E-state index in [0.29, 0.717) is 38.5 Å². The molecule has 1 aromatic heterocycles. The Kier molecular flexibility index (Phi) is 5.78. The molecule has 1 heterocycles. The normalized spacial score (nSPS) is 11.6. The third-order valence-electron chi connectivity index (χ3n) is 5.20. The van der Waals surface area contributed by atoms with Crippen LogP contribution in [-0.2, 0) is 0 Å². The Morgan fingerprint density at radius 1 is 0.667 bits per heavy atom. The Morgan fingerprint density at radius 2 is 1.24 bits per heavy atom. The number of aromatic nitrogens is 2. The lowest BCUT2D eigenvalue weighted by Gasteiger charge is -2.14. The molecule has 6 heteroatoms. The van der Waals surface area contributed by atoms with Gasteiger partial charge in [-0.2, -0.15) is 0 Å². The van der Waals surface area contributed by atoms with Crippen LogP contribution in [0.25, 0.3) is 22.3 Å². The van der Waals surface area contributed by atoms with E-state index in [0.717, 1.165) is 22.2 Å². The molecule has 0 saturated carbocycles. The van der Waals surface area contributed by atoms with Gasteiger partial charge in [-0.25, -0.2) is 15.0 Å². The van der Waals surface area contributed by atoms with Crippen molar-refractivity contribution < 1.29 is 0 Å². The minimum atomic E-state index is 0.575. The maximum atomic E-state index is 6.23. The first kappa shape index (κ1) is 21.1. The summed E-state index contributed by atoms with van der Waals surface area (Å²) in [6.45, 7) is 0. The second-order valence-corrected chi connectivity index (χ2v) is 8.32. The van der Waals surface area contributed by atoms with Crippen LogP contribution in [-0.4, -0.2) is 15.7 Å². The van der Waals surface area contributed by atoms with Crippen LogP contribution in [0.4, 0.5) is 11.4 Å². The first-order valence-corrected chi connectivity index (χ1v) is 11.1. The van der Waals surface area contributed by atoms with E-state index in [1.165, 1.54) is 0 Å². The van der Waals surface area contributed by atoms with E-state index < -0.39 is 0 Å². The minimum absolute atomic E-state index is 0.575. The molecule has 4 nitrogen and oxygen atoms in total. The fourth-order valence-electron chi connectivity index (χ4n) is 3.55. The van der Waals surface area contributed by atoms with Crippen LogP contribution in [0, 0.1) is 0 Å². The Labute approximate surface area is 201 Å². The molecule has 0 aliphatic rings. The highest BCUT2D eigenvalue weighted by molar-refractivity contribution is 6.31. The molecule has 0 radical (unpaired) electrons. The summed E-state index contributed by atoms with van der Waals surface area (Å²) in [5.74, 6) is 0. The van der Waals surface area contributed by atoms with Crippen molar-refractivity contribution in [2.75, 3.05) is 5.73 Å². The number of halogens is 2. The number of para-hydroxylation sites is 4. The van der Waals surface area contributed by atoms with Crippen molar-refractivity contribution in [2.24, 2.45) is 4.99 Å². The first-order valence-electron chi connectivity index (χ1n) is 10.3. The smallest absolute Gasteiger partial charge is 0.116 e. The van der Waals surface area contributed by atoms with Crippen molar-refractivity contribution >= 4 is 51.3 Å². The second-order valence-electron chi connectivity index (χ2n) is 7.44. The lowest BCUT2D eigenvalue weighted by molar-refractivity contribution is 1.26. The van der Waals surface area contributed by atoms with E-state index >= 15 is 0 Å². The van der Waals surface area contributed by atoms with E-state index in [-0.39, 0.29) is 0 Å². The van der Waals surface area contributed by atoms with Gasteiger partial charge in [0, 0.05) is 21.2 Å². The fourth-order valence-corrected chi connectivity index (χ4v) is 3.80. The van der Waals surface area contributed by atoms with Crippen LogP contribution in [0.3, 0.4) is 0 Å². The van der Waals surface area contributed by atoms with E-state index in [9.17, 15) is 0 Å². The SMILES string of the molecule is Nc1ccccc1N=C(c1ccc(Cl)cc1)c1nc2ccccc2nc1-c1ccc(Cl)cc1. The second kappa shape index (κ2) is 9.02. The standard InChI is InChI=1S/C27H18Cl2N4/c28-19-13-9-17(10-14-19)25(31-22-6-2-1-5-21(22)30)27-26(18-11-15-20(29)16-12-18)32-23-7-3-4-8-24(23)33-27/h1-16H,30H2. The molecule has 0 aliphatic carbocycles. The number of fused-ring (bicyclic) bond motifs is 1. The molecule has 4 aromatic carbocycles. The summed E-state index contributed by atoms with van der Waals surface area (Å²) >= 11 is 12.3. The van der Waals surface area contributed by atoms with Gasteiger partial charge < -0.3 is 5.73 Å². The first-order chi connectivity index (χ1) is 16.1. The number of aliphatic imine (C=N–C) groups is 1. The molecule has 33 heavy (non-hydrogen) atoms. The van der Waals surface area contributed by atoms with Crippen molar-refractivity contribution in [2.45, 2.75) is 0 Å². The van der Waals surface area contributed by atoms with Gasteiger partial charge in [0.05, 0.1) is 33.8 Å². The van der Waals surface area contributed by atoms with Crippen molar-refractivity contribution in [3.63, 3.8) is 0 Å². The Hall–Kier alpha value is -3.73. The Balaban J connectivity index is 1.83. The van der Waals surface area contributed by atoms with Gasteiger partial charge in [0.15, 0.2) is 0 Å². The lowest BCUT2D eigenvalue weighted by Crippen LogP contribution is -2.10. The molecule has 0 amide bonds. The number of hydrogen-bond donors (Lipinski definition) is 1. The van der Waals surface area contributed by atoms with Crippen LogP contribution in [0.1, 0.15) is 11.3 Å². The predicted molar refractivity (Wildman–Crippen MR) is 138 cm³/mol. The molecule has 0 saturated heterocycles. The van der Waals surface area contributed by atoms with Gasteiger partial charge in [0.1, 0.15) is 5.69 Å². The molecule has 0 unspecified atom stereocenters. The third-order valence-corrected chi connectivity index (χ3v) is 5.70. The largest absolute Gasteiger partial charge is 0.397 e. The highest BCUT2D eigenvalue weighted by Gasteiger charge is 2.19. The number of nitrogens with two attached hydrogens (primary N) is 1. The zero-order chi connectivity index (χ0) is 22.8. The van der Waals surface area contributed by atoms with E-state index in [4.69, 9.17) is 43.9 Å². The lowest BCUT2D eigenvalue weighted by atomic mass is 10.0. The van der Waals surface area contributed by atoms with Crippen LogP contribution in [0.15, 0.2) is 102 Å². The molecule has 2 N–H and O–H groups in total. The fraction of sp³-hybridized carbons (Fsp3) is 0. The molecule has 5 rings (SSSR count). The Bertz CT molecular complexity index is 1480. The number of nitrogens with zero attached hydrogens (tertiary/aromatic N) is 3. The quantitative estimate of drug-likeness (QED) is 0.221. The van der Waals surface area contributed by atoms with Gasteiger partial charge in [-0.1, -0.05) is 71.7 Å². The zero-order valence-corrected chi connectivity index (χ0v) is 18.9. The predicted octanol–water partition coefficient (Wildman–Crippen LogP) is 7.35. The van der Waals surface area contributed by atoms with Gasteiger partial charge in [0.2, 0.25) is 0 Å². The molecule has 160 valence electrons. The molecule has 0 aliphatic heterocycles. The number of benzene rings is 4. The molecule has 5 aromatic rings. The number of nitrogen functional groups attached to an aromatic ring is 1. The summed E-state index contributed by atoms with van der Waals surface area (Å²) in [5.41, 5.74) is 12.7. The van der Waals surface area contributed by atoms with Crippen molar-refractivity contribution in [1.29, 1.82) is 0 Å². The highest BCUT2D eigenvalue weighted by Crippen LogP contribution is 2.30. The zero-order valence-electron chi connectivity index (χ0n) is 17.4. The average Bonchev–Trinajstić information content (AvgIpc) is 2.84. The monoisotopic (exact) mass is 468 g/mol. The minimum Gasteiger partial charge on any atom is -0.397 e. The van der Waals surface area contributed by atoms with Crippen LogP contribution >= 0.6 is 23.2 Å². The Morgan fingerprint density at radius 3 is 1.91 bits per heavy atom. The summed E-state index contributed by atoms with van der Waals surface area (Å²) in [6.07, 6.45) is 0. The molecule has 0 bridgehead atoms. The summed E-state index contributed by atoms with van der Waals surface area (Å²) < 4.78 is 0.